The molecule has 0 spiro atoms. The number of nitrogens with one attached hydrogen (secondary N) is 1. The summed E-state index contributed by atoms with van der Waals surface area (Å²) in [5, 5.41) is 9.10. The summed E-state index contributed by atoms with van der Waals surface area (Å²) in [6, 6.07) is 7.26. The molecule has 0 atom stereocenters. The van der Waals surface area contributed by atoms with Crippen LogP contribution >= 0.6 is 0 Å². The van der Waals surface area contributed by atoms with E-state index in [4.69, 9.17) is 10.8 Å². The SMILES string of the molecule is NC(=O)N(Cc1ccn(-c2cc3nc(C(=O)O)c(=O)[nH]c3cc2C(F)(F)F)c1)c1cccc(F)c1. The number of hydrogen-bond donors (Lipinski definition) is 3. The Morgan fingerprint density at radius 2 is 1.91 bits per heavy atom. The number of aromatic nitrogens is 3. The van der Waals surface area contributed by atoms with Gasteiger partial charge in [0.05, 0.1) is 28.8 Å². The summed E-state index contributed by atoms with van der Waals surface area (Å²) in [4.78, 5) is 41.8. The monoisotopic (exact) mass is 489 g/mol. The number of amides is 2. The number of fused-ring (bicyclic) bond motifs is 1. The summed E-state index contributed by atoms with van der Waals surface area (Å²) in [5.74, 6) is -2.25. The Kier molecular flexibility index (Phi) is 5.76. The van der Waals surface area contributed by atoms with Gasteiger partial charge in [-0.25, -0.2) is 19.0 Å². The van der Waals surface area contributed by atoms with Gasteiger partial charge in [0.1, 0.15) is 5.82 Å². The number of rotatable bonds is 5. The van der Waals surface area contributed by atoms with Crippen LogP contribution in [-0.4, -0.2) is 31.6 Å². The summed E-state index contributed by atoms with van der Waals surface area (Å²) in [7, 11) is 0. The number of hydrogen-bond acceptors (Lipinski definition) is 4. The molecule has 0 bridgehead atoms. The smallest absolute Gasteiger partial charge is 0.418 e. The minimum atomic E-state index is -4.84. The zero-order valence-electron chi connectivity index (χ0n) is 17.5. The first-order chi connectivity index (χ1) is 16.4. The summed E-state index contributed by atoms with van der Waals surface area (Å²) >= 11 is 0. The van der Waals surface area contributed by atoms with E-state index < -0.39 is 46.5 Å². The van der Waals surface area contributed by atoms with Crippen molar-refractivity contribution >= 4 is 28.7 Å². The number of carbonyl (C=O) groups excluding carboxylic acids is 1. The van der Waals surface area contributed by atoms with Crippen LogP contribution in [0.5, 0.6) is 0 Å². The van der Waals surface area contributed by atoms with E-state index in [9.17, 15) is 31.9 Å². The van der Waals surface area contributed by atoms with Crippen LogP contribution in [-0.2, 0) is 12.7 Å². The van der Waals surface area contributed by atoms with Crippen LogP contribution in [0.15, 0.2) is 59.7 Å². The Hall–Kier alpha value is -4.68. The van der Waals surface area contributed by atoms with Gasteiger partial charge in [-0.3, -0.25) is 9.69 Å². The Morgan fingerprint density at radius 3 is 2.54 bits per heavy atom. The van der Waals surface area contributed by atoms with Crippen molar-refractivity contribution in [1.29, 1.82) is 0 Å². The first kappa shape index (κ1) is 23.5. The molecule has 13 heteroatoms. The van der Waals surface area contributed by atoms with Crippen LogP contribution in [0.25, 0.3) is 16.7 Å². The van der Waals surface area contributed by atoms with Crippen molar-refractivity contribution in [3.05, 3.63) is 87.9 Å². The van der Waals surface area contributed by atoms with Crippen LogP contribution < -0.4 is 16.2 Å². The molecule has 4 rings (SSSR count). The molecule has 0 saturated carbocycles. The van der Waals surface area contributed by atoms with Crippen molar-refractivity contribution in [2.75, 3.05) is 4.90 Å². The highest BCUT2D eigenvalue weighted by molar-refractivity contribution is 5.90. The van der Waals surface area contributed by atoms with Crippen LogP contribution in [0.4, 0.5) is 28.0 Å². The van der Waals surface area contributed by atoms with E-state index in [0.29, 0.717) is 11.6 Å². The molecule has 0 aliphatic carbocycles. The molecular formula is C22H15F4N5O4. The molecule has 2 amide bonds. The van der Waals surface area contributed by atoms with Crippen molar-refractivity contribution in [2.45, 2.75) is 12.7 Å². The second-order valence-electron chi connectivity index (χ2n) is 7.44. The van der Waals surface area contributed by atoms with E-state index in [2.05, 4.69) is 9.97 Å². The first-order valence-electron chi connectivity index (χ1n) is 9.82. The summed E-state index contributed by atoms with van der Waals surface area (Å²) < 4.78 is 56.2. The summed E-state index contributed by atoms with van der Waals surface area (Å²) in [6.45, 7) is -0.171. The predicted molar refractivity (Wildman–Crippen MR) is 116 cm³/mol. The second-order valence-corrected chi connectivity index (χ2v) is 7.44. The number of urea groups is 1. The molecule has 2 aromatic heterocycles. The average Bonchev–Trinajstić information content (AvgIpc) is 3.23. The first-order valence-corrected chi connectivity index (χ1v) is 9.82. The van der Waals surface area contributed by atoms with Gasteiger partial charge >= 0.3 is 18.2 Å². The largest absolute Gasteiger partial charge is 0.476 e. The Balaban J connectivity index is 1.79. The molecule has 35 heavy (non-hydrogen) atoms. The molecule has 0 aliphatic rings. The third-order valence-corrected chi connectivity index (χ3v) is 5.08. The number of nitrogens with zero attached hydrogens (tertiary/aromatic N) is 3. The van der Waals surface area contributed by atoms with Gasteiger partial charge in [-0.2, -0.15) is 13.2 Å². The molecule has 0 saturated heterocycles. The van der Waals surface area contributed by atoms with E-state index in [1.165, 1.54) is 36.7 Å². The number of H-pyrrole nitrogens is 1. The maximum atomic E-state index is 13.8. The number of anilines is 1. The van der Waals surface area contributed by atoms with Crippen molar-refractivity contribution in [3.63, 3.8) is 0 Å². The lowest BCUT2D eigenvalue weighted by Gasteiger charge is -2.20. The number of aromatic carboxylic acids is 1. The van der Waals surface area contributed by atoms with Crippen molar-refractivity contribution < 1.29 is 32.3 Å². The Bertz CT molecular complexity index is 1530. The zero-order valence-corrected chi connectivity index (χ0v) is 17.5. The van der Waals surface area contributed by atoms with Crippen LogP contribution in [0.1, 0.15) is 21.6 Å². The number of benzene rings is 2. The topological polar surface area (TPSA) is 134 Å². The van der Waals surface area contributed by atoms with Crippen LogP contribution in [0, 0.1) is 5.82 Å². The molecule has 0 radical (unpaired) electrons. The standard InChI is InChI=1S/C22H15F4N5O4/c23-12-2-1-3-13(6-12)31(21(27)35)10-11-4-5-30(9-11)17-8-16-15(7-14(17)22(24,25)26)29-19(32)18(28-16)20(33)34/h1-9H,10H2,(H2,27,35)(H,29,32)(H,33,34). The predicted octanol–water partition coefficient (Wildman–Crippen LogP) is 3.66. The fourth-order valence-electron chi connectivity index (χ4n) is 3.52. The molecule has 0 fully saturated rings. The zero-order chi connectivity index (χ0) is 25.5. The maximum absolute atomic E-state index is 13.8. The maximum Gasteiger partial charge on any atom is 0.418 e. The third-order valence-electron chi connectivity index (χ3n) is 5.08. The van der Waals surface area contributed by atoms with Gasteiger partial charge < -0.3 is 20.4 Å². The van der Waals surface area contributed by atoms with Crippen molar-refractivity contribution in [1.82, 2.24) is 14.5 Å². The van der Waals surface area contributed by atoms with E-state index in [1.54, 1.807) is 0 Å². The highest BCUT2D eigenvalue weighted by Crippen LogP contribution is 2.36. The summed E-state index contributed by atoms with van der Waals surface area (Å²) in [6.07, 6.45) is -2.24. The molecular weight excluding hydrogens is 474 g/mol. The number of aromatic amines is 1. The lowest BCUT2D eigenvalue weighted by atomic mass is 10.1. The van der Waals surface area contributed by atoms with Crippen LogP contribution in [0.2, 0.25) is 0 Å². The Labute approximate surface area is 193 Å². The number of primary amides is 1. The van der Waals surface area contributed by atoms with Crippen molar-refractivity contribution in [3.8, 4) is 5.69 Å². The Morgan fingerprint density at radius 1 is 1.17 bits per heavy atom. The minimum Gasteiger partial charge on any atom is -0.476 e. The van der Waals surface area contributed by atoms with E-state index in [0.717, 1.165) is 21.6 Å². The molecule has 2 heterocycles. The van der Waals surface area contributed by atoms with Gasteiger partial charge in [0.2, 0.25) is 5.69 Å². The highest BCUT2D eigenvalue weighted by Gasteiger charge is 2.35. The van der Waals surface area contributed by atoms with Gasteiger partial charge in [0.15, 0.2) is 0 Å². The lowest BCUT2D eigenvalue weighted by molar-refractivity contribution is -0.137. The molecule has 0 aliphatic heterocycles. The second kappa shape index (κ2) is 8.59. The van der Waals surface area contributed by atoms with Gasteiger partial charge in [-0.1, -0.05) is 6.07 Å². The molecule has 4 aromatic rings. The van der Waals surface area contributed by atoms with Gasteiger partial charge in [-0.15, -0.1) is 0 Å². The lowest BCUT2D eigenvalue weighted by Crippen LogP contribution is -2.35. The summed E-state index contributed by atoms with van der Waals surface area (Å²) in [5.41, 5.74) is 1.91. The number of nitrogens with two attached hydrogens (primary N) is 1. The molecule has 2 aromatic carbocycles. The van der Waals surface area contributed by atoms with Crippen molar-refractivity contribution in [2.24, 2.45) is 5.73 Å². The van der Waals surface area contributed by atoms with Gasteiger partial charge in [0, 0.05) is 18.1 Å². The fraction of sp³-hybridized carbons (Fsp3) is 0.0909. The third kappa shape index (κ3) is 4.69. The average molecular weight is 489 g/mol. The molecule has 180 valence electrons. The minimum absolute atomic E-state index is 0.154. The van der Waals surface area contributed by atoms with Crippen LogP contribution in [0.3, 0.4) is 0 Å². The normalized spacial score (nSPS) is 11.5. The van der Waals surface area contributed by atoms with E-state index >= 15 is 0 Å². The molecule has 0 unspecified atom stereocenters. The molecule has 4 N–H and O–H groups in total. The van der Waals surface area contributed by atoms with Gasteiger partial charge in [-0.05, 0) is 42.0 Å². The molecule has 9 nitrogen and oxygen atoms in total. The number of carbonyl (C=O) groups is 2. The number of halogens is 4. The van der Waals surface area contributed by atoms with Gasteiger partial charge in [0.25, 0.3) is 5.56 Å². The van der Waals surface area contributed by atoms with E-state index in [1.807, 2.05) is 0 Å². The highest BCUT2D eigenvalue weighted by atomic mass is 19.4. The quantitative estimate of drug-likeness (QED) is 0.368. The number of carboxylic acid groups (broad SMARTS) is 1. The fourth-order valence-corrected chi connectivity index (χ4v) is 3.52. The number of carboxylic acids is 1. The van der Waals surface area contributed by atoms with E-state index in [-0.39, 0.29) is 23.3 Å². The number of alkyl halides is 3.